The summed E-state index contributed by atoms with van der Waals surface area (Å²) in [7, 11) is 1.86. The van der Waals surface area contributed by atoms with Crippen molar-refractivity contribution in [3.05, 3.63) is 51.7 Å². The van der Waals surface area contributed by atoms with E-state index in [4.69, 9.17) is 4.74 Å². The van der Waals surface area contributed by atoms with Gasteiger partial charge in [-0.2, -0.15) is 13.2 Å². The summed E-state index contributed by atoms with van der Waals surface area (Å²) in [4.78, 5) is 1.20. The highest BCUT2D eigenvalue weighted by atomic mass is 32.1. The lowest BCUT2D eigenvalue weighted by atomic mass is 9.78. The van der Waals surface area contributed by atoms with E-state index in [-0.39, 0.29) is 24.2 Å². The van der Waals surface area contributed by atoms with Gasteiger partial charge >= 0.3 is 6.18 Å². The first-order chi connectivity index (χ1) is 12.5. The zero-order chi connectivity index (χ0) is 18.3. The standard InChI is InChI=1S/C19H21F3N2OS/c1-23-10-12-5-6-13-17(16-3-2-8-26-16)24-15-7-4-11(19(20,21)22)9-14(15)18(13)25-12/h2-4,7-9,12-13,17-18,23-24H,5-6,10H2,1H3/t12-,13+,17-,18+/m1/s1. The van der Waals surface area contributed by atoms with Crippen LogP contribution in [0.4, 0.5) is 18.9 Å². The number of likely N-dealkylation sites (N-methyl/N-ethyl adjacent to an activating group) is 1. The van der Waals surface area contributed by atoms with Crippen molar-refractivity contribution in [1.29, 1.82) is 0 Å². The van der Waals surface area contributed by atoms with Gasteiger partial charge in [0, 0.05) is 28.6 Å². The van der Waals surface area contributed by atoms with Gasteiger partial charge in [0.1, 0.15) is 0 Å². The number of anilines is 1. The average molecular weight is 382 g/mol. The van der Waals surface area contributed by atoms with E-state index in [1.807, 2.05) is 18.5 Å². The molecule has 1 saturated heterocycles. The maximum atomic E-state index is 13.2. The Labute approximate surface area is 154 Å². The number of nitrogens with one attached hydrogen (secondary N) is 2. The number of rotatable bonds is 3. The Bertz CT molecular complexity index is 763. The molecule has 0 unspecified atom stereocenters. The summed E-state index contributed by atoms with van der Waals surface area (Å²) >= 11 is 1.67. The molecule has 26 heavy (non-hydrogen) atoms. The maximum Gasteiger partial charge on any atom is 0.416 e. The molecule has 0 aliphatic carbocycles. The van der Waals surface area contributed by atoms with Crippen molar-refractivity contribution in [1.82, 2.24) is 5.32 Å². The van der Waals surface area contributed by atoms with Crippen LogP contribution in [0.25, 0.3) is 0 Å². The summed E-state index contributed by atoms with van der Waals surface area (Å²) in [5.41, 5.74) is 0.743. The summed E-state index contributed by atoms with van der Waals surface area (Å²) in [5.74, 6) is 0.123. The zero-order valence-corrected chi connectivity index (χ0v) is 15.2. The van der Waals surface area contributed by atoms with Gasteiger partial charge in [-0.15, -0.1) is 11.3 Å². The van der Waals surface area contributed by atoms with Crippen LogP contribution in [0, 0.1) is 5.92 Å². The van der Waals surface area contributed by atoms with Crippen LogP contribution in [-0.2, 0) is 10.9 Å². The van der Waals surface area contributed by atoms with Crippen molar-refractivity contribution in [2.45, 2.75) is 37.3 Å². The first-order valence-electron chi connectivity index (χ1n) is 8.78. The van der Waals surface area contributed by atoms with Gasteiger partial charge in [-0.05, 0) is 49.5 Å². The molecule has 7 heteroatoms. The number of hydrogen-bond donors (Lipinski definition) is 2. The third kappa shape index (κ3) is 3.23. The van der Waals surface area contributed by atoms with Crippen LogP contribution in [0.5, 0.6) is 0 Å². The fourth-order valence-electron chi connectivity index (χ4n) is 4.06. The molecule has 1 fully saturated rings. The van der Waals surface area contributed by atoms with Gasteiger partial charge in [0.2, 0.25) is 0 Å². The largest absolute Gasteiger partial charge is 0.416 e. The third-order valence-electron chi connectivity index (χ3n) is 5.26. The number of thiophene rings is 1. The van der Waals surface area contributed by atoms with Gasteiger partial charge in [0.25, 0.3) is 0 Å². The fraction of sp³-hybridized carbons (Fsp3) is 0.474. The topological polar surface area (TPSA) is 33.3 Å². The van der Waals surface area contributed by atoms with Gasteiger partial charge in [-0.3, -0.25) is 0 Å². The van der Waals surface area contributed by atoms with Gasteiger partial charge in [-0.25, -0.2) is 0 Å². The Hall–Kier alpha value is -1.57. The van der Waals surface area contributed by atoms with Crippen molar-refractivity contribution in [3.8, 4) is 0 Å². The van der Waals surface area contributed by atoms with Crippen LogP contribution >= 0.6 is 11.3 Å². The monoisotopic (exact) mass is 382 g/mol. The molecule has 0 spiro atoms. The minimum Gasteiger partial charge on any atom is -0.377 e. The molecule has 2 aromatic rings. The van der Waals surface area contributed by atoms with Gasteiger partial charge < -0.3 is 15.4 Å². The minimum absolute atomic E-state index is 0.0192. The quantitative estimate of drug-likeness (QED) is 0.785. The Morgan fingerprint density at radius 2 is 2.12 bits per heavy atom. The Morgan fingerprint density at radius 3 is 2.81 bits per heavy atom. The molecule has 140 valence electrons. The second kappa shape index (κ2) is 6.87. The van der Waals surface area contributed by atoms with Crippen molar-refractivity contribution < 1.29 is 17.9 Å². The van der Waals surface area contributed by atoms with E-state index in [1.165, 1.54) is 10.9 Å². The van der Waals surface area contributed by atoms with Crippen molar-refractivity contribution in [3.63, 3.8) is 0 Å². The molecule has 1 aromatic heterocycles. The summed E-state index contributed by atoms with van der Waals surface area (Å²) < 4.78 is 45.9. The second-order valence-corrected chi connectivity index (χ2v) is 7.89. The Kier molecular flexibility index (Phi) is 4.71. The van der Waals surface area contributed by atoms with E-state index >= 15 is 0 Å². The first-order valence-corrected chi connectivity index (χ1v) is 9.66. The van der Waals surface area contributed by atoms with Crippen LogP contribution in [0.3, 0.4) is 0 Å². The minimum atomic E-state index is -4.35. The highest BCUT2D eigenvalue weighted by molar-refractivity contribution is 7.10. The van der Waals surface area contributed by atoms with Crippen molar-refractivity contribution in [2.24, 2.45) is 5.92 Å². The molecule has 1 aromatic carbocycles. The lowest BCUT2D eigenvalue weighted by Gasteiger charge is -2.45. The molecular weight excluding hydrogens is 361 g/mol. The first kappa shape index (κ1) is 17.8. The number of fused-ring (bicyclic) bond motifs is 3. The smallest absolute Gasteiger partial charge is 0.377 e. The molecule has 4 rings (SSSR count). The number of alkyl halides is 3. The number of hydrogen-bond acceptors (Lipinski definition) is 4. The van der Waals surface area contributed by atoms with E-state index < -0.39 is 11.7 Å². The lowest BCUT2D eigenvalue weighted by molar-refractivity contribution is -0.138. The van der Waals surface area contributed by atoms with Crippen molar-refractivity contribution >= 4 is 17.0 Å². The molecule has 4 atom stereocenters. The van der Waals surface area contributed by atoms with E-state index in [0.29, 0.717) is 12.1 Å². The predicted molar refractivity (Wildman–Crippen MR) is 96.4 cm³/mol. The summed E-state index contributed by atoms with van der Waals surface area (Å²) in [6.07, 6.45) is -2.84. The Balaban J connectivity index is 1.74. The Morgan fingerprint density at radius 1 is 1.27 bits per heavy atom. The van der Waals surface area contributed by atoms with Crippen LogP contribution in [0.15, 0.2) is 35.7 Å². The maximum absolute atomic E-state index is 13.2. The van der Waals surface area contributed by atoms with Crippen LogP contribution in [0.2, 0.25) is 0 Å². The number of benzene rings is 1. The summed E-state index contributed by atoms with van der Waals surface area (Å²) in [5, 5.41) is 8.61. The third-order valence-corrected chi connectivity index (χ3v) is 6.21. The molecule has 0 saturated carbocycles. The van der Waals surface area contributed by atoms with E-state index in [1.54, 1.807) is 17.4 Å². The molecule has 2 aliphatic heterocycles. The van der Waals surface area contributed by atoms with Crippen molar-refractivity contribution in [2.75, 3.05) is 18.9 Å². The molecule has 2 N–H and O–H groups in total. The SMILES string of the molecule is CNC[C@H]1CC[C@@H]2[C@H](O1)c1cc(C(F)(F)F)ccc1N[C@H]2c1cccs1. The normalized spacial score (nSPS) is 28.2. The van der Waals surface area contributed by atoms with Crippen LogP contribution in [0.1, 0.15) is 41.0 Å². The predicted octanol–water partition coefficient (Wildman–Crippen LogP) is 4.99. The van der Waals surface area contributed by atoms with Crippen LogP contribution in [-0.4, -0.2) is 19.7 Å². The number of halogens is 3. The fourth-order valence-corrected chi connectivity index (χ4v) is 4.91. The average Bonchev–Trinajstić information content (AvgIpc) is 3.14. The highest BCUT2D eigenvalue weighted by Crippen LogP contribution is 2.51. The molecule has 0 bridgehead atoms. The van der Waals surface area contributed by atoms with Gasteiger partial charge in [0.05, 0.1) is 23.8 Å². The van der Waals surface area contributed by atoms with Gasteiger partial charge in [-0.1, -0.05) is 6.07 Å². The van der Waals surface area contributed by atoms with Crippen LogP contribution < -0.4 is 10.6 Å². The molecule has 2 aliphatic rings. The van der Waals surface area contributed by atoms with E-state index in [2.05, 4.69) is 16.7 Å². The van der Waals surface area contributed by atoms with E-state index in [9.17, 15) is 13.2 Å². The molecular formula is C19H21F3N2OS. The summed E-state index contributed by atoms with van der Waals surface area (Å²) in [6, 6.07) is 8.10. The van der Waals surface area contributed by atoms with Gasteiger partial charge in [0.15, 0.2) is 0 Å². The van der Waals surface area contributed by atoms with E-state index in [0.717, 1.165) is 24.6 Å². The summed E-state index contributed by atoms with van der Waals surface area (Å²) in [6.45, 7) is 0.703. The second-order valence-electron chi connectivity index (χ2n) is 6.91. The zero-order valence-electron chi connectivity index (χ0n) is 14.3. The molecule has 0 radical (unpaired) electrons. The lowest BCUT2D eigenvalue weighted by Crippen LogP contribution is -2.41. The highest BCUT2D eigenvalue weighted by Gasteiger charge is 2.43. The molecule has 0 amide bonds. The molecule has 3 heterocycles. The number of ether oxygens (including phenoxy) is 1. The molecule has 3 nitrogen and oxygen atoms in total.